The first kappa shape index (κ1) is 25.8. The molecule has 34 heavy (non-hydrogen) atoms. The predicted molar refractivity (Wildman–Crippen MR) is 126 cm³/mol. The molecule has 0 bridgehead atoms. The lowest BCUT2D eigenvalue weighted by molar-refractivity contribution is -0.132. The van der Waals surface area contributed by atoms with Crippen molar-refractivity contribution in [3.8, 4) is 5.75 Å². The molecule has 1 aliphatic rings. The SMILES string of the molecule is COc1ccc(S(=O)(=O)N(CCC(=O)N2CC[CH]CC2)C(NO)C(C=O)c2ccccc2)cc1. The first-order valence-electron chi connectivity index (χ1n) is 11.1. The van der Waals surface area contributed by atoms with Crippen LogP contribution in [0.4, 0.5) is 0 Å². The molecule has 2 N–H and O–H groups in total. The second-order valence-corrected chi connectivity index (χ2v) is 9.83. The van der Waals surface area contributed by atoms with Gasteiger partial charge in [0.05, 0.1) is 17.9 Å². The molecule has 2 unspecified atom stereocenters. The monoisotopic (exact) mass is 488 g/mol. The number of methoxy groups -OCH3 is 1. The van der Waals surface area contributed by atoms with Crippen molar-refractivity contribution in [1.29, 1.82) is 0 Å². The fourth-order valence-corrected chi connectivity index (χ4v) is 5.55. The zero-order chi connectivity index (χ0) is 24.6. The zero-order valence-corrected chi connectivity index (χ0v) is 19.9. The maximum atomic E-state index is 13.7. The number of carbonyl (C=O) groups excluding carboxylic acids is 2. The molecule has 1 radical (unpaired) electrons. The van der Waals surface area contributed by atoms with Crippen LogP contribution in [0.1, 0.15) is 30.7 Å². The van der Waals surface area contributed by atoms with Gasteiger partial charge in [-0.3, -0.25) is 4.79 Å². The summed E-state index contributed by atoms with van der Waals surface area (Å²) in [6.45, 7) is 0.961. The van der Waals surface area contributed by atoms with E-state index in [1.54, 1.807) is 35.2 Å². The highest BCUT2D eigenvalue weighted by Gasteiger charge is 2.37. The van der Waals surface area contributed by atoms with E-state index in [0.717, 1.165) is 17.1 Å². The molecular weight excluding hydrogens is 458 g/mol. The summed E-state index contributed by atoms with van der Waals surface area (Å²) in [5.74, 6) is -0.713. The molecule has 3 rings (SSSR count). The fraction of sp³-hybridized carbons (Fsp3) is 0.375. The maximum absolute atomic E-state index is 13.7. The van der Waals surface area contributed by atoms with Crippen molar-refractivity contribution in [2.45, 2.75) is 36.2 Å². The Balaban J connectivity index is 1.95. The molecule has 2 aromatic rings. The first-order valence-corrected chi connectivity index (χ1v) is 12.5. The number of sulfonamides is 1. The average Bonchev–Trinajstić information content (AvgIpc) is 2.89. The van der Waals surface area contributed by atoms with Crippen LogP contribution in [0.5, 0.6) is 5.75 Å². The van der Waals surface area contributed by atoms with Crippen LogP contribution < -0.4 is 10.2 Å². The van der Waals surface area contributed by atoms with E-state index in [4.69, 9.17) is 4.74 Å². The molecule has 0 saturated carbocycles. The third-order valence-electron chi connectivity index (χ3n) is 5.88. The van der Waals surface area contributed by atoms with Gasteiger partial charge in [0.15, 0.2) is 0 Å². The number of hydrogen-bond acceptors (Lipinski definition) is 7. The zero-order valence-electron chi connectivity index (χ0n) is 19.0. The number of piperidine rings is 1. The third-order valence-corrected chi connectivity index (χ3v) is 7.78. The Labute approximate surface area is 200 Å². The van der Waals surface area contributed by atoms with Crippen LogP contribution in [0.2, 0.25) is 0 Å². The molecule has 2 atom stereocenters. The molecular formula is C24H30N3O6S. The van der Waals surface area contributed by atoms with Gasteiger partial charge in [0.1, 0.15) is 18.2 Å². The number of hydroxylamine groups is 1. The predicted octanol–water partition coefficient (Wildman–Crippen LogP) is 2.19. The van der Waals surface area contributed by atoms with Gasteiger partial charge in [0.25, 0.3) is 0 Å². The minimum Gasteiger partial charge on any atom is -0.497 e. The van der Waals surface area contributed by atoms with E-state index >= 15 is 0 Å². The lowest BCUT2D eigenvalue weighted by Crippen LogP contribution is -2.52. The van der Waals surface area contributed by atoms with Gasteiger partial charge in [-0.05, 0) is 49.1 Å². The third kappa shape index (κ3) is 6.01. The standard InChI is InChI=1S/C24H30N3O6S/c1-33-20-10-12-21(13-11-20)34(31,32)27(17-14-23(29)26-15-6-3-7-16-26)24(25-30)22(18-28)19-8-4-2-5-9-19/h2-5,8-13,18,22,24-25,30H,6-7,14-17H2,1H3. The number of amides is 1. The molecule has 1 amide bonds. The van der Waals surface area contributed by atoms with Gasteiger partial charge >= 0.3 is 0 Å². The molecule has 1 heterocycles. The smallest absolute Gasteiger partial charge is 0.244 e. The number of rotatable bonds is 11. The van der Waals surface area contributed by atoms with Gasteiger partial charge in [-0.25, -0.2) is 8.42 Å². The molecule has 1 fully saturated rings. The van der Waals surface area contributed by atoms with E-state index in [-0.39, 0.29) is 23.8 Å². The number of nitrogens with zero attached hydrogens (tertiary/aromatic N) is 2. The molecule has 1 saturated heterocycles. The van der Waals surface area contributed by atoms with Crippen molar-refractivity contribution in [1.82, 2.24) is 14.7 Å². The van der Waals surface area contributed by atoms with Gasteiger partial charge in [0.2, 0.25) is 15.9 Å². The summed E-state index contributed by atoms with van der Waals surface area (Å²) in [6, 6.07) is 14.4. The fourth-order valence-electron chi connectivity index (χ4n) is 3.99. The topological polar surface area (TPSA) is 116 Å². The van der Waals surface area contributed by atoms with E-state index in [2.05, 4.69) is 6.42 Å². The lowest BCUT2D eigenvalue weighted by atomic mass is 9.97. The summed E-state index contributed by atoms with van der Waals surface area (Å²) in [7, 11) is -2.74. The van der Waals surface area contributed by atoms with Crippen LogP contribution in [0, 0.1) is 6.42 Å². The molecule has 9 nitrogen and oxygen atoms in total. The molecule has 1 aliphatic heterocycles. The Bertz CT molecular complexity index is 1040. The second kappa shape index (κ2) is 12.1. The van der Waals surface area contributed by atoms with Crippen molar-refractivity contribution in [2.24, 2.45) is 0 Å². The highest BCUT2D eigenvalue weighted by molar-refractivity contribution is 7.89. The van der Waals surface area contributed by atoms with Crippen LogP contribution >= 0.6 is 0 Å². The van der Waals surface area contributed by atoms with Crippen molar-refractivity contribution in [2.75, 3.05) is 26.7 Å². The number of hydrogen-bond donors (Lipinski definition) is 2. The molecule has 0 aliphatic carbocycles. The largest absolute Gasteiger partial charge is 0.497 e. The number of nitrogens with one attached hydrogen (secondary N) is 1. The van der Waals surface area contributed by atoms with E-state index < -0.39 is 22.1 Å². The number of aldehydes is 1. The van der Waals surface area contributed by atoms with Crippen LogP contribution in [0.3, 0.4) is 0 Å². The number of benzene rings is 2. The molecule has 183 valence electrons. The number of ether oxygens (including phenoxy) is 1. The summed E-state index contributed by atoms with van der Waals surface area (Å²) in [6.07, 6.45) is 2.87. The first-order chi connectivity index (χ1) is 16.4. The Kier molecular flexibility index (Phi) is 9.17. The van der Waals surface area contributed by atoms with Gasteiger partial charge in [-0.1, -0.05) is 30.3 Å². The number of carbonyl (C=O) groups is 2. The highest BCUT2D eigenvalue weighted by Crippen LogP contribution is 2.27. The van der Waals surface area contributed by atoms with Crippen LogP contribution in [-0.2, 0) is 19.6 Å². The van der Waals surface area contributed by atoms with Crippen molar-refractivity contribution >= 4 is 22.2 Å². The van der Waals surface area contributed by atoms with Gasteiger partial charge < -0.3 is 19.6 Å². The number of likely N-dealkylation sites (tertiary alicyclic amines) is 1. The average molecular weight is 489 g/mol. The minimum absolute atomic E-state index is 0.0497. The van der Waals surface area contributed by atoms with Crippen LogP contribution in [0.15, 0.2) is 59.5 Å². The van der Waals surface area contributed by atoms with Crippen LogP contribution in [0.25, 0.3) is 0 Å². The summed E-state index contributed by atoms with van der Waals surface area (Å²) in [5, 5.41) is 10.0. The Morgan fingerprint density at radius 1 is 1.15 bits per heavy atom. The summed E-state index contributed by atoms with van der Waals surface area (Å²) < 4.78 is 33.4. The molecule has 0 aromatic heterocycles. The summed E-state index contributed by atoms with van der Waals surface area (Å²) in [4.78, 5) is 26.5. The van der Waals surface area contributed by atoms with Gasteiger partial charge in [0, 0.05) is 26.1 Å². The van der Waals surface area contributed by atoms with E-state index in [9.17, 15) is 23.2 Å². The van der Waals surface area contributed by atoms with E-state index in [1.165, 1.54) is 31.4 Å². The summed E-state index contributed by atoms with van der Waals surface area (Å²) in [5.41, 5.74) is 2.54. The second-order valence-electron chi connectivity index (χ2n) is 7.93. The Morgan fingerprint density at radius 2 is 1.79 bits per heavy atom. The summed E-state index contributed by atoms with van der Waals surface area (Å²) >= 11 is 0. The molecule has 0 spiro atoms. The molecule has 2 aromatic carbocycles. The quantitative estimate of drug-likeness (QED) is 0.283. The van der Waals surface area contributed by atoms with E-state index in [0.29, 0.717) is 30.7 Å². The highest BCUT2D eigenvalue weighted by atomic mass is 32.2. The van der Waals surface area contributed by atoms with Gasteiger partial charge in [-0.15, -0.1) is 0 Å². The normalized spacial score (nSPS) is 16.1. The van der Waals surface area contributed by atoms with Crippen molar-refractivity contribution in [3.05, 3.63) is 66.6 Å². The van der Waals surface area contributed by atoms with Crippen molar-refractivity contribution < 1.29 is 28.0 Å². The van der Waals surface area contributed by atoms with Gasteiger partial charge in [-0.2, -0.15) is 9.79 Å². The minimum atomic E-state index is -4.21. The Morgan fingerprint density at radius 3 is 2.35 bits per heavy atom. The van der Waals surface area contributed by atoms with E-state index in [1.807, 2.05) is 5.48 Å². The van der Waals surface area contributed by atoms with Crippen LogP contribution in [-0.4, -0.2) is 67.9 Å². The Hall–Kier alpha value is -2.79. The van der Waals surface area contributed by atoms with Crippen molar-refractivity contribution in [3.63, 3.8) is 0 Å². The maximum Gasteiger partial charge on any atom is 0.244 e. The molecule has 10 heteroatoms. The lowest BCUT2D eigenvalue weighted by Gasteiger charge is -2.34.